The smallest absolute Gasteiger partial charge is 0.178 e. The molecule has 1 aromatic heterocycles. The molecule has 0 aliphatic heterocycles. The summed E-state index contributed by atoms with van der Waals surface area (Å²) < 4.78 is 16.1. The van der Waals surface area contributed by atoms with Crippen LogP contribution in [0.5, 0.6) is 0 Å². The molecule has 3 aromatic rings. The molecule has 0 spiro atoms. The lowest BCUT2D eigenvalue weighted by Gasteiger charge is -2.07. The van der Waals surface area contributed by atoms with Crippen molar-refractivity contribution in [1.29, 1.82) is 0 Å². The highest BCUT2D eigenvalue weighted by Crippen LogP contribution is 2.23. The summed E-state index contributed by atoms with van der Waals surface area (Å²) in [5, 5.41) is 1.23. The average Bonchev–Trinajstić information content (AvgIpc) is 2.76. The van der Waals surface area contributed by atoms with Crippen LogP contribution in [0.2, 0.25) is 10.0 Å². The summed E-state index contributed by atoms with van der Waals surface area (Å²) in [7, 11) is 0. The first-order chi connectivity index (χ1) is 10.1. The zero-order valence-electron chi connectivity index (χ0n) is 10.9. The maximum absolute atomic E-state index is 13.7. The van der Waals surface area contributed by atoms with Crippen molar-refractivity contribution in [2.45, 2.75) is 13.0 Å². The van der Waals surface area contributed by atoms with E-state index in [1.807, 2.05) is 16.7 Å². The van der Waals surface area contributed by atoms with Gasteiger partial charge >= 0.3 is 0 Å². The minimum absolute atomic E-state index is 0.304. The van der Waals surface area contributed by atoms with Crippen LogP contribution in [0.25, 0.3) is 11.0 Å². The fourth-order valence-corrected chi connectivity index (χ4v) is 3.12. The molecule has 2 aromatic carbocycles. The van der Waals surface area contributed by atoms with Crippen molar-refractivity contribution in [2.75, 3.05) is 0 Å². The number of aromatic nitrogens is 2. The van der Waals surface area contributed by atoms with Crippen LogP contribution < -0.4 is 0 Å². The summed E-state index contributed by atoms with van der Waals surface area (Å²) in [6.07, 6.45) is 0.688. The van der Waals surface area contributed by atoms with Crippen molar-refractivity contribution in [3.63, 3.8) is 0 Å². The highest BCUT2D eigenvalue weighted by Gasteiger charge is 2.09. The quantitative estimate of drug-likeness (QED) is 0.634. The molecular formula is C15H11Cl2FN2S. The maximum Gasteiger partial charge on any atom is 0.178 e. The predicted octanol–water partition coefficient (Wildman–Crippen LogP) is 5.39. The Hall–Kier alpha value is -1.36. The van der Waals surface area contributed by atoms with Gasteiger partial charge in [0.2, 0.25) is 0 Å². The Morgan fingerprint density at radius 1 is 1.19 bits per heavy atom. The fraction of sp³-hybridized carbons (Fsp3) is 0.133. The number of para-hydroxylation sites is 1. The summed E-state index contributed by atoms with van der Waals surface area (Å²) >= 11 is 17.3. The summed E-state index contributed by atoms with van der Waals surface area (Å²) in [6, 6.07) is 10.3. The van der Waals surface area contributed by atoms with E-state index in [2.05, 4.69) is 4.98 Å². The predicted molar refractivity (Wildman–Crippen MR) is 87.2 cm³/mol. The number of benzene rings is 2. The minimum atomic E-state index is -0.304. The van der Waals surface area contributed by atoms with E-state index in [1.54, 1.807) is 18.2 Å². The van der Waals surface area contributed by atoms with Gasteiger partial charge in [0.15, 0.2) is 4.77 Å². The van der Waals surface area contributed by atoms with Crippen molar-refractivity contribution >= 4 is 46.5 Å². The van der Waals surface area contributed by atoms with Crippen LogP contribution in [-0.2, 0) is 13.0 Å². The number of halogens is 3. The summed E-state index contributed by atoms with van der Waals surface area (Å²) in [5.74, 6) is -0.304. The van der Waals surface area contributed by atoms with Gasteiger partial charge in [0.25, 0.3) is 0 Å². The summed E-state index contributed by atoms with van der Waals surface area (Å²) in [5.41, 5.74) is 2.17. The number of fused-ring (bicyclic) bond motifs is 1. The number of nitrogens with one attached hydrogen (secondary N) is 1. The molecule has 0 aliphatic carbocycles. The average molecular weight is 341 g/mol. The third-order valence-electron chi connectivity index (χ3n) is 3.38. The molecule has 0 saturated carbocycles. The molecule has 1 heterocycles. The van der Waals surface area contributed by atoms with Crippen molar-refractivity contribution < 1.29 is 4.39 Å². The van der Waals surface area contributed by atoms with Gasteiger partial charge < -0.3 is 9.55 Å². The lowest BCUT2D eigenvalue weighted by atomic mass is 10.1. The Bertz CT molecular complexity index is 870. The zero-order valence-corrected chi connectivity index (χ0v) is 13.2. The lowest BCUT2D eigenvalue weighted by molar-refractivity contribution is 0.637. The molecule has 1 N–H and O–H groups in total. The Labute approximate surface area is 136 Å². The third-order valence-corrected chi connectivity index (χ3v) is 4.29. The van der Waals surface area contributed by atoms with Crippen molar-refractivity contribution in [1.82, 2.24) is 9.55 Å². The SMILES string of the molecule is Fc1cccc2c1[nH]c(=S)n2CCc1ccc(Cl)cc1Cl. The van der Waals surface area contributed by atoms with Crippen molar-refractivity contribution in [3.05, 3.63) is 62.6 Å². The first-order valence-electron chi connectivity index (χ1n) is 6.37. The first-order valence-corrected chi connectivity index (χ1v) is 7.53. The number of nitrogens with zero attached hydrogens (tertiary/aromatic N) is 1. The minimum Gasteiger partial charge on any atom is -0.328 e. The van der Waals surface area contributed by atoms with E-state index in [1.165, 1.54) is 6.07 Å². The number of hydrogen-bond donors (Lipinski definition) is 1. The molecule has 0 unspecified atom stereocenters. The number of H-pyrrole nitrogens is 1. The molecular weight excluding hydrogens is 330 g/mol. The molecule has 3 rings (SSSR count). The first kappa shape index (κ1) is 14.6. The van der Waals surface area contributed by atoms with Gasteiger partial charge in [-0.25, -0.2) is 4.39 Å². The molecule has 0 aliphatic rings. The van der Waals surface area contributed by atoms with E-state index >= 15 is 0 Å². The molecule has 0 radical (unpaired) electrons. The van der Waals surface area contributed by atoms with Crippen LogP contribution in [0.1, 0.15) is 5.56 Å². The van der Waals surface area contributed by atoms with Crippen LogP contribution in [0.15, 0.2) is 36.4 Å². The number of aryl methyl sites for hydroxylation is 2. The topological polar surface area (TPSA) is 20.7 Å². The Kier molecular flexibility index (Phi) is 4.02. The molecule has 0 atom stereocenters. The number of imidazole rings is 1. The van der Waals surface area contributed by atoms with Crippen LogP contribution in [-0.4, -0.2) is 9.55 Å². The lowest BCUT2D eigenvalue weighted by Crippen LogP contribution is -2.02. The van der Waals surface area contributed by atoms with Gasteiger partial charge in [-0.05, 0) is 48.5 Å². The van der Waals surface area contributed by atoms with Gasteiger partial charge in [-0.3, -0.25) is 0 Å². The standard InChI is InChI=1S/C15H11Cl2FN2S/c16-10-5-4-9(11(17)8-10)6-7-20-13-3-1-2-12(18)14(13)19-15(20)21/h1-5,8H,6-7H2,(H,19,21). The number of hydrogen-bond acceptors (Lipinski definition) is 1. The van der Waals surface area contributed by atoms with E-state index in [9.17, 15) is 4.39 Å². The second-order valence-corrected chi connectivity index (χ2v) is 5.93. The monoisotopic (exact) mass is 340 g/mol. The fourth-order valence-electron chi connectivity index (χ4n) is 2.32. The second kappa shape index (κ2) is 5.79. The largest absolute Gasteiger partial charge is 0.328 e. The molecule has 2 nitrogen and oxygen atoms in total. The maximum atomic E-state index is 13.7. The van der Waals surface area contributed by atoms with Gasteiger partial charge in [0.1, 0.15) is 11.3 Å². The Morgan fingerprint density at radius 3 is 2.76 bits per heavy atom. The van der Waals surface area contributed by atoms with E-state index in [-0.39, 0.29) is 5.82 Å². The highest BCUT2D eigenvalue weighted by atomic mass is 35.5. The number of aromatic amines is 1. The molecule has 0 amide bonds. The van der Waals surface area contributed by atoms with Crippen LogP contribution in [0.3, 0.4) is 0 Å². The molecule has 21 heavy (non-hydrogen) atoms. The van der Waals surface area contributed by atoms with Gasteiger partial charge in [0, 0.05) is 16.6 Å². The normalized spacial score (nSPS) is 11.2. The van der Waals surface area contributed by atoms with Crippen LogP contribution in [0, 0.1) is 10.6 Å². The Balaban J connectivity index is 1.94. The highest BCUT2D eigenvalue weighted by molar-refractivity contribution is 7.71. The summed E-state index contributed by atoms with van der Waals surface area (Å²) in [4.78, 5) is 2.90. The van der Waals surface area contributed by atoms with Crippen molar-refractivity contribution in [2.24, 2.45) is 0 Å². The van der Waals surface area contributed by atoms with E-state index in [0.29, 0.717) is 33.3 Å². The van der Waals surface area contributed by atoms with E-state index in [4.69, 9.17) is 35.4 Å². The van der Waals surface area contributed by atoms with Crippen molar-refractivity contribution in [3.8, 4) is 0 Å². The van der Waals surface area contributed by atoms with Gasteiger partial charge in [0.05, 0.1) is 5.52 Å². The molecule has 108 valence electrons. The second-order valence-electron chi connectivity index (χ2n) is 4.70. The van der Waals surface area contributed by atoms with Gasteiger partial charge in [-0.2, -0.15) is 0 Å². The van der Waals surface area contributed by atoms with E-state index < -0.39 is 0 Å². The summed E-state index contributed by atoms with van der Waals surface area (Å²) in [6.45, 7) is 0.615. The molecule has 0 fully saturated rings. The Morgan fingerprint density at radius 2 is 2.00 bits per heavy atom. The van der Waals surface area contributed by atoms with E-state index in [0.717, 1.165) is 11.1 Å². The van der Waals surface area contributed by atoms with Crippen LogP contribution >= 0.6 is 35.4 Å². The van der Waals surface area contributed by atoms with Gasteiger partial charge in [-0.15, -0.1) is 0 Å². The van der Waals surface area contributed by atoms with Gasteiger partial charge in [-0.1, -0.05) is 35.3 Å². The third kappa shape index (κ3) is 2.84. The molecule has 6 heteroatoms. The molecule has 0 saturated heterocycles. The van der Waals surface area contributed by atoms with Crippen LogP contribution in [0.4, 0.5) is 4.39 Å². The number of rotatable bonds is 3. The molecule has 0 bridgehead atoms. The zero-order chi connectivity index (χ0) is 15.0.